The molecule has 9 heteroatoms. The predicted molar refractivity (Wildman–Crippen MR) is 123 cm³/mol. The van der Waals surface area contributed by atoms with Crippen molar-refractivity contribution in [2.75, 3.05) is 13.1 Å². The number of alkyl halides is 2. The molecule has 0 saturated carbocycles. The van der Waals surface area contributed by atoms with E-state index in [-0.39, 0.29) is 17.7 Å². The van der Waals surface area contributed by atoms with Crippen molar-refractivity contribution in [1.82, 2.24) is 15.5 Å². The van der Waals surface area contributed by atoms with E-state index in [9.17, 15) is 23.2 Å². The third-order valence-electron chi connectivity index (χ3n) is 5.79. The first-order chi connectivity index (χ1) is 15.9. The fourth-order valence-corrected chi connectivity index (χ4v) is 3.72. The van der Waals surface area contributed by atoms with E-state index in [1.165, 1.54) is 12.1 Å². The normalized spacial score (nSPS) is 18.3. The zero-order valence-electron chi connectivity index (χ0n) is 19.7. The number of halogens is 2. The van der Waals surface area contributed by atoms with Gasteiger partial charge in [-0.25, -0.2) is 4.79 Å². The Labute approximate surface area is 197 Å². The minimum atomic E-state index is -2.89. The summed E-state index contributed by atoms with van der Waals surface area (Å²) in [5.74, 6) is -0.920. The van der Waals surface area contributed by atoms with Gasteiger partial charge < -0.3 is 15.4 Å². The summed E-state index contributed by atoms with van der Waals surface area (Å²) >= 11 is 0. The quantitative estimate of drug-likeness (QED) is 0.573. The number of urea groups is 1. The summed E-state index contributed by atoms with van der Waals surface area (Å²) in [7, 11) is 0. The van der Waals surface area contributed by atoms with Crippen LogP contribution in [0.15, 0.2) is 48.5 Å². The molecule has 7 nitrogen and oxygen atoms in total. The molecule has 2 aromatic rings. The minimum Gasteiger partial charge on any atom is -0.435 e. The smallest absolute Gasteiger partial charge is 0.387 e. The topological polar surface area (TPSA) is 87.7 Å². The number of nitrogens with zero attached hydrogens (tertiary/aromatic N) is 1. The highest BCUT2D eigenvalue weighted by molar-refractivity contribution is 6.09. The van der Waals surface area contributed by atoms with Crippen LogP contribution in [-0.4, -0.2) is 42.4 Å². The largest absolute Gasteiger partial charge is 0.435 e. The predicted octanol–water partition coefficient (Wildman–Crippen LogP) is 3.71. The summed E-state index contributed by atoms with van der Waals surface area (Å²) in [6.07, 6.45) is 0.443. The van der Waals surface area contributed by atoms with E-state index in [2.05, 4.69) is 36.1 Å². The number of carbonyl (C=O) groups is 3. The molecule has 1 heterocycles. The van der Waals surface area contributed by atoms with Gasteiger partial charge in [0.15, 0.2) is 0 Å². The van der Waals surface area contributed by atoms with E-state index >= 15 is 0 Å². The number of amides is 4. The number of imide groups is 1. The van der Waals surface area contributed by atoms with Gasteiger partial charge in [0, 0.05) is 6.54 Å². The van der Waals surface area contributed by atoms with Gasteiger partial charge in [-0.05, 0) is 47.6 Å². The summed E-state index contributed by atoms with van der Waals surface area (Å²) in [5, 5.41) is 5.38. The Balaban J connectivity index is 1.55. The molecule has 0 bridgehead atoms. The number of ether oxygens (including phenoxy) is 1. The second-order valence-corrected chi connectivity index (χ2v) is 9.40. The van der Waals surface area contributed by atoms with Gasteiger partial charge in [-0.3, -0.25) is 14.5 Å². The average Bonchev–Trinajstić information content (AvgIpc) is 2.98. The number of benzene rings is 2. The molecule has 1 atom stereocenters. The summed E-state index contributed by atoms with van der Waals surface area (Å²) < 4.78 is 28.7. The van der Waals surface area contributed by atoms with Crippen LogP contribution >= 0.6 is 0 Å². The van der Waals surface area contributed by atoms with Crippen LogP contribution in [-0.2, 0) is 27.0 Å². The molecule has 3 rings (SSSR count). The summed E-state index contributed by atoms with van der Waals surface area (Å²) in [4.78, 5) is 38.8. The minimum absolute atomic E-state index is 0.0475. The lowest BCUT2D eigenvalue weighted by Crippen LogP contribution is -2.43. The number of carbonyl (C=O) groups excluding carboxylic acids is 3. The Bertz CT molecular complexity index is 1050. The molecule has 182 valence electrons. The molecule has 1 aliphatic heterocycles. The lowest BCUT2D eigenvalue weighted by Gasteiger charge is -2.24. The van der Waals surface area contributed by atoms with Gasteiger partial charge in [-0.15, -0.1) is 0 Å². The first kappa shape index (κ1) is 25.1. The molecule has 2 N–H and O–H groups in total. The van der Waals surface area contributed by atoms with E-state index in [0.29, 0.717) is 12.0 Å². The maximum Gasteiger partial charge on any atom is 0.387 e. The summed E-state index contributed by atoms with van der Waals surface area (Å²) in [5.41, 5.74) is 1.25. The third kappa shape index (κ3) is 5.70. The molecule has 0 aromatic heterocycles. The molecule has 4 amide bonds. The standard InChI is InChI=1S/C25H29F2N3O4/c1-24(2,3)17-7-9-18(10-8-17)25(4)21(32)30(23(33)29-25)15-20(31)28-14-13-16-5-11-19(12-6-16)34-22(26)27/h5-12,22H,13-15H2,1-4H3,(H,28,31)(H,29,33). The van der Waals surface area contributed by atoms with E-state index in [4.69, 9.17) is 0 Å². The third-order valence-corrected chi connectivity index (χ3v) is 5.79. The SMILES string of the molecule is CC(C)(C)c1ccc(C2(C)NC(=O)N(CC(=O)NCCc3ccc(OC(F)F)cc3)C2=O)cc1. The molecule has 2 aromatic carbocycles. The Morgan fingerprint density at radius 3 is 2.26 bits per heavy atom. The summed E-state index contributed by atoms with van der Waals surface area (Å²) in [6.45, 7) is 4.85. The van der Waals surface area contributed by atoms with Crippen LogP contribution in [0.4, 0.5) is 13.6 Å². The van der Waals surface area contributed by atoms with E-state index in [1.54, 1.807) is 19.1 Å². The van der Waals surface area contributed by atoms with Gasteiger partial charge in [0.1, 0.15) is 17.8 Å². The fraction of sp³-hybridized carbons (Fsp3) is 0.400. The van der Waals surface area contributed by atoms with Crippen LogP contribution in [0.5, 0.6) is 5.75 Å². The van der Waals surface area contributed by atoms with Crippen LogP contribution in [0.3, 0.4) is 0 Å². The lowest BCUT2D eigenvalue weighted by molar-refractivity contribution is -0.134. The molecule has 1 unspecified atom stereocenters. The Kier molecular flexibility index (Phi) is 7.24. The second-order valence-electron chi connectivity index (χ2n) is 9.40. The molecule has 0 radical (unpaired) electrons. The van der Waals surface area contributed by atoms with Crippen LogP contribution in [0.1, 0.15) is 44.4 Å². The van der Waals surface area contributed by atoms with Crippen LogP contribution < -0.4 is 15.4 Å². The number of hydrogen-bond acceptors (Lipinski definition) is 4. The lowest BCUT2D eigenvalue weighted by atomic mass is 9.84. The maximum absolute atomic E-state index is 13.1. The highest BCUT2D eigenvalue weighted by Gasteiger charge is 2.49. The van der Waals surface area contributed by atoms with Crippen molar-refractivity contribution in [3.05, 3.63) is 65.2 Å². The van der Waals surface area contributed by atoms with Gasteiger partial charge in [0.2, 0.25) is 5.91 Å². The molecular weight excluding hydrogens is 444 g/mol. The van der Waals surface area contributed by atoms with Crippen LogP contribution in [0, 0.1) is 0 Å². The van der Waals surface area contributed by atoms with Crippen molar-refractivity contribution in [1.29, 1.82) is 0 Å². The Morgan fingerprint density at radius 2 is 1.71 bits per heavy atom. The van der Waals surface area contributed by atoms with Crippen molar-refractivity contribution in [2.45, 2.75) is 51.7 Å². The first-order valence-electron chi connectivity index (χ1n) is 11.0. The van der Waals surface area contributed by atoms with E-state index < -0.39 is 36.5 Å². The molecule has 1 saturated heterocycles. The van der Waals surface area contributed by atoms with Crippen molar-refractivity contribution in [3.63, 3.8) is 0 Å². The van der Waals surface area contributed by atoms with Gasteiger partial charge in [-0.2, -0.15) is 8.78 Å². The molecule has 0 spiro atoms. The van der Waals surface area contributed by atoms with Crippen molar-refractivity contribution in [3.8, 4) is 5.75 Å². The van der Waals surface area contributed by atoms with Crippen LogP contribution in [0.2, 0.25) is 0 Å². The molecule has 1 fully saturated rings. The van der Waals surface area contributed by atoms with Crippen molar-refractivity contribution < 1.29 is 27.9 Å². The zero-order valence-corrected chi connectivity index (χ0v) is 19.7. The highest BCUT2D eigenvalue weighted by Crippen LogP contribution is 2.31. The number of hydrogen-bond donors (Lipinski definition) is 2. The average molecular weight is 474 g/mol. The number of nitrogens with one attached hydrogen (secondary N) is 2. The van der Waals surface area contributed by atoms with E-state index in [1.807, 2.05) is 24.3 Å². The number of rotatable bonds is 8. The van der Waals surface area contributed by atoms with Crippen molar-refractivity contribution >= 4 is 17.8 Å². The second kappa shape index (κ2) is 9.79. The first-order valence-corrected chi connectivity index (χ1v) is 11.0. The molecule has 1 aliphatic rings. The molecule has 0 aliphatic carbocycles. The summed E-state index contributed by atoms with van der Waals surface area (Å²) in [6, 6.07) is 13.0. The van der Waals surface area contributed by atoms with Gasteiger partial charge in [-0.1, -0.05) is 57.2 Å². The van der Waals surface area contributed by atoms with E-state index in [0.717, 1.165) is 16.0 Å². The van der Waals surface area contributed by atoms with Gasteiger partial charge in [0.05, 0.1) is 0 Å². The Morgan fingerprint density at radius 1 is 1.09 bits per heavy atom. The fourth-order valence-electron chi connectivity index (χ4n) is 3.72. The maximum atomic E-state index is 13.1. The monoisotopic (exact) mass is 473 g/mol. The van der Waals surface area contributed by atoms with Gasteiger partial charge in [0.25, 0.3) is 5.91 Å². The van der Waals surface area contributed by atoms with Crippen molar-refractivity contribution in [2.24, 2.45) is 0 Å². The van der Waals surface area contributed by atoms with Crippen LogP contribution in [0.25, 0.3) is 0 Å². The zero-order chi connectivity index (χ0) is 25.1. The molecule has 34 heavy (non-hydrogen) atoms. The van der Waals surface area contributed by atoms with Gasteiger partial charge >= 0.3 is 12.6 Å². The molecular formula is C25H29F2N3O4. The Hall–Kier alpha value is -3.49. The highest BCUT2D eigenvalue weighted by atomic mass is 19.3.